The summed E-state index contributed by atoms with van der Waals surface area (Å²) in [7, 11) is 0. The minimum atomic E-state index is -0.845. The fraction of sp³-hybridized carbons (Fsp3) is 0.538. The van der Waals surface area contributed by atoms with E-state index in [1.165, 1.54) is 10.8 Å². The van der Waals surface area contributed by atoms with Gasteiger partial charge in [0.05, 0.1) is 12.7 Å². The SMILES string of the molecule is CC#CCc1cn(C2CC(O)C(CO)O2)c(=O)[nH]c1=O. The lowest BCUT2D eigenvalue weighted by Crippen LogP contribution is -2.34. The number of H-pyrrole nitrogens is 1. The molecule has 0 aliphatic carbocycles. The van der Waals surface area contributed by atoms with Gasteiger partial charge in [-0.1, -0.05) is 5.92 Å². The van der Waals surface area contributed by atoms with Crippen molar-refractivity contribution in [1.82, 2.24) is 9.55 Å². The maximum atomic E-state index is 11.8. The number of aromatic nitrogens is 2. The zero-order chi connectivity index (χ0) is 14.7. The van der Waals surface area contributed by atoms with Crippen LogP contribution in [0.5, 0.6) is 0 Å². The lowest BCUT2D eigenvalue weighted by atomic mass is 10.2. The summed E-state index contributed by atoms with van der Waals surface area (Å²) < 4.78 is 6.61. The van der Waals surface area contributed by atoms with E-state index in [9.17, 15) is 14.7 Å². The lowest BCUT2D eigenvalue weighted by Gasteiger charge is -2.14. The van der Waals surface area contributed by atoms with Crippen molar-refractivity contribution in [3.63, 3.8) is 0 Å². The molecule has 7 nitrogen and oxygen atoms in total. The first-order valence-corrected chi connectivity index (χ1v) is 6.25. The molecule has 3 N–H and O–H groups in total. The number of hydrogen-bond donors (Lipinski definition) is 3. The third kappa shape index (κ3) is 2.82. The number of aliphatic hydroxyl groups is 2. The van der Waals surface area contributed by atoms with Crippen molar-refractivity contribution in [2.75, 3.05) is 6.61 Å². The normalized spacial score (nSPS) is 25.2. The summed E-state index contributed by atoms with van der Waals surface area (Å²) in [6, 6.07) is 0. The smallest absolute Gasteiger partial charge is 0.330 e. The van der Waals surface area contributed by atoms with Crippen LogP contribution >= 0.6 is 0 Å². The van der Waals surface area contributed by atoms with Crippen molar-refractivity contribution >= 4 is 0 Å². The Labute approximate surface area is 114 Å². The summed E-state index contributed by atoms with van der Waals surface area (Å²) in [6.45, 7) is 1.33. The van der Waals surface area contributed by atoms with Gasteiger partial charge in [0.15, 0.2) is 0 Å². The molecule has 0 amide bonds. The fourth-order valence-electron chi connectivity index (χ4n) is 2.10. The average Bonchev–Trinajstić information content (AvgIpc) is 2.79. The molecule has 1 saturated heterocycles. The number of ether oxygens (including phenoxy) is 1. The molecule has 2 heterocycles. The summed E-state index contributed by atoms with van der Waals surface area (Å²) in [5.41, 5.74) is -0.741. The first-order valence-electron chi connectivity index (χ1n) is 6.25. The Morgan fingerprint density at radius 1 is 1.55 bits per heavy atom. The number of aromatic amines is 1. The van der Waals surface area contributed by atoms with Crippen molar-refractivity contribution in [1.29, 1.82) is 0 Å². The Bertz CT molecular complexity index is 651. The van der Waals surface area contributed by atoms with E-state index >= 15 is 0 Å². The predicted molar refractivity (Wildman–Crippen MR) is 70.1 cm³/mol. The van der Waals surface area contributed by atoms with Gasteiger partial charge in [-0.2, -0.15) is 0 Å². The molecule has 1 aliphatic rings. The molecule has 0 radical (unpaired) electrons. The molecule has 3 unspecified atom stereocenters. The summed E-state index contributed by atoms with van der Waals surface area (Å²) in [6.07, 6.45) is -0.482. The molecule has 1 aromatic rings. The van der Waals surface area contributed by atoms with E-state index < -0.39 is 29.7 Å². The molecule has 108 valence electrons. The third-order valence-corrected chi connectivity index (χ3v) is 3.19. The van der Waals surface area contributed by atoms with Crippen molar-refractivity contribution in [2.24, 2.45) is 0 Å². The predicted octanol–water partition coefficient (Wildman–Crippen LogP) is -1.26. The van der Waals surface area contributed by atoms with Crippen LogP contribution in [-0.4, -0.2) is 38.6 Å². The van der Waals surface area contributed by atoms with Gasteiger partial charge in [0.2, 0.25) is 0 Å². The van der Waals surface area contributed by atoms with Crippen LogP contribution in [0.1, 0.15) is 25.1 Å². The van der Waals surface area contributed by atoms with E-state index in [0.717, 1.165) is 0 Å². The highest BCUT2D eigenvalue weighted by atomic mass is 16.5. The zero-order valence-corrected chi connectivity index (χ0v) is 11.0. The lowest BCUT2D eigenvalue weighted by molar-refractivity contribution is -0.0459. The first-order chi connectivity index (χ1) is 9.56. The quantitative estimate of drug-likeness (QED) is 0.600. The monoisotopic (exact) mass is 280 g/mol. The Kier molecular flexibility index (Phi) is 4.39. The largest absolute Gasteiger partial charge is 0.394 e. The van der Waals surface area contributed by atoms with Gasteiger partial charge < -0.3 is 14.9 Å². The third-order valence-electron chi connectivity index (χ3n) is 3.19. The van der Waals surface area contributed by atoms with Crippen molar-refractivity contribution in [3.05, 3.63) is 32.6 Å². The second kappa shape index (κ2) is 6.05. The maximum Gasteiger partial charge on any atom is 0.330 e. The van der Waals surface area contributed by atoms with Gasteiger partial charge in [0.1, 0.15) is 12.3 Å². The minimum absolute atomic E-state index is 0.177. The minimum Gasteiger partial charge on any atom is -0.394 e. The second-order valence-corrected chi connectivity index (χ2v) is 4.54. The summed E-state index contributed by atoms with van der Waals surface area (Å²) >= 11 is 0. The molecular formula is C13H16N2O5. The molecule has 1 aliphatic heterocycles. The van der Waals surface area contributed by atoms with Crippen LogP contribution < -0.4 is 11.2 Å². The van der Waals surface area contributed by atoms with Crippen LogP contribution in [0.2, 0.25) is 0 Å². The molecule has 1 aromatic heterocycles. The van der Waals surface area contributed by atoms with Crippen molar-refractivity contribution < 1.29 is 14.9 Å². The second-order valence-electron chi connectivity index (χ2n) is 4.54. The Morgan fingerprint density at radius 3 is 2.90 bits per heavy atom. The van der Waals surface area contributed by atoms with Crippen LogP contribution in [0.3, 0.4) is 0 Å². The molecule has 1 fully saturated rings. The first kappa shape index (κ1) is 14.5. The van der Waals surface area contributed by atoms with Gasteiger partial charge in [-0.25, -0.2) is 4.79 Å². The van der Waals surface area contributed by atoms with Gasteiger partial charge >= 0.3 is 5.69 Å². The number of hydrogen-bond acceptors (Lipinski definition) is 5. The van der Waals surface area contributed by atoms with Crippen molar-refractivity contribution in [2.45, 2.75) is 38.2 Å². The van der Waals surface area contributed by atoms with Gasteiger partial charge in [-0.05, 0) is 6.92 Å². The zero-order valence-electron chi connectivity index (χ0n) is 11.0. The van der Waals surface area contributed by atoms with Crippen LogP contribution in [0.4, 0.5) is 0 Å². The van der Waals surface area contributed by atoms with E-state index in [0.29, 0.717) is 5.56 Å². The number of rotatable bonds is 3. The molecule has 0 saturated carbocycles. The molecule has 0 bridgehead atoms. The van der Waals surface area contributed by atoms with Gasteiger partial charge in [-0.3, -0.25) is 14.3 Å². The van der Waals surface area contributed by atoms with Crippen LogP contribution in [-0.2, 0) is 11.2 Å². The van der Waals surface area contributed by atoms with Gasteiger partial charge in [-0.15, -0.1) is 5.92 Å². The summed E-state index contributed by atoms with van der Waals surface area (Å²) in [4.78, 5) is 25.6. The highest BCUT2D eigenvalue weighted by Gasteiger charge is 2.35. The van der Waals surface area contributed by atoms with Crippen LogP contribution in [0, 0.1) is 11.8 Å². The van der Waals surface area contributed by atoms with Gasteiger partial charge in [0, 0.05) is 24.6 Å². The molecule has 3 atom stereocenters. The maximum absolute atomic E-state index is 11.8. The Morgan fingerprint density at radius 2 is 2.30 bits per heavy atom. The molecule has 2 rings (SSSR count). The number of aliphatic hydroxyl groups excluding tert-OH is 2. The fourth-order valence-corrected chi connectivity index (χ4v) is 2.10. The Hall–Kier alpha value is -1.88. The van der Waals surface area contributed by atoms with Crippen LogP contribution in [0.15, 0.2) is 15.8 Å². The molecule has 0 aromatic carbocycles. The molecular weight excluding hydrogens is 264 g/mol. The molecule has 7 heteroatoms. The standard InChI is InChI=1S/C13H16N2O5/c1-2-3-4-8-6-15(13(19)14-12(8)18)11-5-9(17)10(7-16)20-11/h6,9-11,16-17H,4-5,7H2,1H3,(H,14,18,19). The van der Waals surface area contributed by atoms with Crippen molar-refractivity contribution in [3.8, 4) is 11.8 Å². The summed E-state index contributed by atoms with van der Waals surface area (Å²) in [5.74, 6) is 5.43. The van der Waals surface area contributed by atoms with E-state index in [1.54, 1.807) is 6.92 Å². The van der Waals surface area contributed by atoms with Crippen LogP contribution in [0.25, 0.3) is 0 Å². The molecule has 20 heavy (non-hydrogen) atoms. The number of nitrogens with one attached hydrogen (secondary N) is 1. The van der Waals surface area contributed by atoms with E-state index in [1.807, 2.05) is 0 Å². The topological polar surface area (TPSA) is 105 Å². The highest BCUT2D eigenvalue weighted by Crippen LogP contribution is 2.27. The summed E-state index contributed by atoms with van der Waals surface area (Å²) in [5, 5.41) is 18.7. The number of nitrogens with zero attached hydrogens (tertiary/aromatic N) is 1. The Balaban J connectivity index is 2.34. The molecule has 0 spiro atoms. The van der Waals surface area contributed by atoms with E-state index in [-0.39, 0.29) is 19.4 Å². The van der Waals surface area contributed by atoms with E-state index in [4.69, 9.17) is 9.84 Å². The highest BCUT2D eigenvalue weighted by molar-refractivity contribution is 5.14. The van der Waals surface area contributed by atoms with Gasteiger partial charge in [0.25, 0.3) is 5.56 Å². The van der Waals surface area contributed by atoms with E-state index in [2.05, 4.69) is 16.8 Å². The average molecular weight is 280 g/mol.